The lowest BCUT2D eigenvalue weighted by Crippen LogP contribution is -2.52. The van der Waals surface area contributed by atoms with Crippen LogP contribution in [-0.4, -0.2) is 17.1 Å². The summed E-state index contributed by atoms with van der Waals surface area (Å²) in [7, 11) is 0. The van der Waals surface area contributed by atoms with E-state index in [0.717, 1.165) is 25.7 Å². The SMILES string of the molecule is CCCCCCCCCCCCCCCC(=O)C(C)(N)C(=O)CCCCCCCCCCCCCCC. The number of hydrogen-bond acceptors (Lipinski definition) is 3. The Balaban J connectivity index is 3.59. The van der Waals surface area contributed by atoms with E-state index in [2.05, 4.69) is 13.8 Å². The van der Waals surface area contributed by atoms with E-state index >= 15 is 0 Å². The monoisotopic (exact) mass is 522 g/mol. The van der Waals surface area contributed by atoms with E-state index in [-0.39, 0.29) is 11.6 Å². The van der Waals surface area contributed by atoms with Crippen LogP contribution in [-0.2, 0) is 9.59 Å². The quantitative estimate of drug-likeness (QED) is 0.0755. The van der Waals surface area contributed by atoms with Gasteiger partial charge < -0.3 is 5.73 Å². The number of nitrogens with two attached hydrogens (primary N) is 1. The van der Waals surface area contributed by atoms with Crippen molar-refractivity contribution in [2.45, 2.75) is 206 Å². The van der Waals surface area contributed by atoms with Crippen LogP contribution in [0.3, 0.4) is 0 Å². The number of Topliss-reactive ketones (excluding diaryl/α,β-unsaturated/α-hetero) is 2. The molecule has 0 aromatic heterocycles. The van der Waals surface area contributed by atoms with Gasteiger partial charge in [-0.25, -0.2) is 0 Å². The fourth-order valence-corrected chi connectivity index (χ4v) is 5.28. The Kier molecular flexibility index (Phi) is 26.4. The second-order valence-electron chi connectivity index (χ2n) is 12.0. The maximum absolute atomic E-state index is 12.6. The van der Waals surface area contributed by atoms with Crippen molar-refractivity contribution in [3.63, 3.8) is 0 Å². The summed E-state index contributed by atoms with van der Waals surface area (Å²) in [5, 5.41) is 0. The van der Waals surface area contributed by atoms with Crippen molar-refractivity contribution in [1.29, 1.82) is 0 Å². The first kappa shape index (κ1) is 36.3. The minimum Gasteiger partial charge on any atom is -0.313 e. The van der Waals surface area contributed by atoms with Crippen LogP contribution in [0.15, 0.2) is 0 Å². The molecular weight excluding hydrogens is 454 g/mol. The van der Waals surface area contributed by atoms with Gasteiger partial charge in [-0.05, 0) is 19.8 Å². The van der Waals surface area contributed by atoms with Gasteiger partial charge in [0.2, 0.25) is 0 Å². The van der Waals surface area contributed by atoms with Gasteiger partial charge in [-0.2, -0.15) is 0 Å². The Morgan fingerprint density at radius 3 is 0.811 bits per heavy atom. The summed E-state index contributed by atoms with van der Waals surface area (Å²) in [6.45, 7) is 6.18. The van der Waals surface area contributed by atoms with E-state index in [1.165, 1.54) is 141 Å². The van der Waals surface area contributed by atoms with Crippen LogP contribution < -0.4 is 5.73 Å². The Bertz CT molecular complexity index is 470. The molecule has 2 N–H and O–H groups in total. The molecule has 0 aliphatic heterocycles. The summed E-state index contributed by atoms with van der Waals surface area (Å²) in [5.41, 5.74) is 4.92. The fourth-order valence-electron chi connectivity index (χ4n) is 5.28. The van der Waals surface area contributed by atoms with Gasteiger partial charge in [0, 0.05) is 12.8 Å². The maximum atomic E-state index is 12.6. The average Bonchev–Trinajstić information content (AvgIpc) is 2.89. The molecule has 0 atom stereocenters. The second-order valence-corrected chi connectivity index (χ2v) is 12.0. The van der Waals surface area contributed by atoms with Gasteiger partial charge in [0.1, 0.15) is 5.54 Å². The summed E-state index contributed by atoms with van der Waals surface area (Å²) in [6.07, 6.45) is 34.4. The number of carbonyl (C=O) groups excluding carboxylic acids is 2. The molecule has 0 spiro atoms. The molecule has 3 nitrogen and oxygen atoms in total. The molecule has 37 heavy (non-hydrogen) atoms. The van der Waals surface area contributed by atoms with Gasteiger partial charge in [-0.15, -0.1) is 0 Å². The highest BCUT2D eigenvalue weighted by molar-refractivity contribution is 6.10. The highest BCUT2D eigenvalue weighted by Crippen LogP contribution is 2.18. The number of rotatable bonds is 30. The van der Waals surface area contributed by atoms with E-state index < -0.39 is 5.54 Å². The molecule has 0 aliphatic carbocycles. The molecule has 0 aromatic rings. The van der Waals surface area contributed by atoms with Crippen molar-refractivity contribution < 1.29 is 9.59 Å². The number of unbranched alkanes of at least 4 members (excludes halogenated alkanes) is 24. The zero-order valence-electron chi connectivity index (χ0n) is 25.7. The molecule has 0 saturated heterocycles. The maximum Gasteiger partial charge on any atom is 0.159 e. The van der Waals surface area contributed by atoms with Crippen LogP contribution in [0, 0.1) is 0 Å². The lowest BCUT2D eigenvalue weighted by Gasteiger charge is -2.21. The van der Waals surface area contributed by atoms with Crippen LogP contribution in [0.25, 0.3) is 0 Å². The van der Waals surface area contributed by atoms with Crippen molar-refractivity contribution in [2.75, 3.05) is 0 Å². The van der Waals surface area contributed by atoms with Crippen molar-refractivity contribution in [3.05, 3.63) is 0 Å². The highest BCUT2D eigenvalue weighted by atomic mass is 16.2. The van der Waals surface area contributed by atoms with Gasteiger partial charge in [-0.1, -0.05) is 168 Å². The van der Waals surface area contributed by atoms with Crippen molar-refractivity contribution in [1.82, 2.24) is 0 Å². The molecule has 0 aromatic carbocycles. The zero-order valence-corrected chi connectivity index (χ0v) is 25.7. The molecule has 0 unspecified atom stereocenters. The molecule has 0 saturated carbocycles. The zero-order chi connectivity index (χ0) is 27.5. The van der Waals surface area contributed by atoms with Crippen LogP contribution >= 0.6 is 0 Å². The first-order valence-electron chi connectivity index (χ1n) is 16.8. The lowest BCUT2D eigenvalue weighted by molar-refractivity contribution is -0.134. The lowest BCUT2D eigenvalue weighted by atomic mass is 9.86. The molecule has 3 heteroatoms. The van der Waals surface area contributed by atoms with E-state index in [9.17, 15) is 9.59 Å². The molecule has 0 rings (SSSR count). The molecule has 0 radical (unpaired) electrons. The topological polar surface area (TPSA) is 60.2 Å². The van der Waals surface area contributed by atoms with E-state index in [1.54, 1.807) is 6.92 Å². The predicted molar refractivity (Wildman–Crippen MR) is 163 cm³/mol. The molecule has 0 amide bonds. The van der Waals surface area contributed by atoms with Gasteiger partial charge in [0.05, 0.1) is 0 Å². The predicted octanol–water partition coefficient (Wildman–Crippen LogP) is 10.8. The van der Waals surface area contributed by atoms with Crippen LogP contribution in [0.2, 0.25) is 0 Å². The van der Waals surface area contributed by atoms with E-state index in [0.29, 0.717) is 12.8 Å². The van der Waals surface area contributed by atoms with Crippen LogP contribution in [0.1, 0.15) is 201 Å². The third-order valence-electron chi connectivity index (χ3n) is 8.17. The molecule has 0 aliphatic rings. The first-order valence-corrected chi connectivity index (χ1v) is 16.8. The summed E-state index contributed by atoms with van der Waals surface area (Å²) < 4.78 is 0. The van der Waals surface area contributed by atoms with Crippen LogP contribution in [0.5, 0.6) is 0 Å². The summed E-state index contributed by atoms with van der Waals surface area (Å²) >= 11 is 0. The van der Waals surface area contributed by atoms with Crippen molar-refractivity contribution >= 4 is 11.6 Å². The van der Waals surface area contributed by atoms with Crippen molar-refractivity contribution in [2.24, 2.45) is 5.73 Å². The van der Waals surface area contributed by atoms with Gasteiger partial charge in [0.25, 0.3) is 0 Å². The second kappa shape index (κ2) is 26.9. The van der Waals surface area contributed by atoms with E-state index in [4.69, 9.17) is 5.73 Å². The third-order valence-corrected chi connectivity index (χ3v) is 8.17. The molecule has 220 valence electrons. The summed E-state index contributed by atoms with van der Waals surface area (Å²) in [5.74, 6) is -0.120. The molecule has 0 bridgehead atoms. The summed E-state index contributed by atoms with van der Waals surface area (Å²) in [4.78, 5) is 25.2. The Labute approximate surface area is 232 Å². The number of ketones is 2. The third kappa shape index (κ3) is 22.9. The average molecular weight is 522 g/mol. The van der Waals surface area contributed by atoms with Crippen LogP contribution in [0.4, 0.5) is 0 Å². The number of carbonyl (C=O) groups is 2. The Morgan fingerprint density at radius 2 is 0.595 bits per heavy atom. The van der Waals surface area contributed by atoms with E-state index in [1.807, 2.05) is 0 Å². The van der Waals surface area contributed by atoms with Gasteiger partial charge in [0.15, 0.2) is 11.6 Å². The molecule has 0 fully saturated rings. The van der Waals surface area contributed by atoms with Crippen molar-refractivity contribution in [3.8, 4) is 0 Å². The number of hydrogen-bond donors (Lipinski definition) is 1. The standard InChI is InChI=1S/C34H67NO2/c1-4-6-8-10-12-14-16-18-20-22-24-26-28-30-32(36)34(3,35)33(37)31-29-27-25-23-21-19-17-15-13-11-9-7-5-2/h4-31,35H2,1-3H3. The molecule has 0 heterocycles. The van der Waals surface area contributed by atoms with Gasteiger partial charge in [-0.3, -0.25) is 9.59 Å². The minimum absolute atomic E-state index is 0.0599. The Morgan fingerprint density at radius 1 is 0.405 bits per heavy atom. The summed E-state index contributed by atoms with van der Waals surface area (Å²) in [6, 6.07) is 0. The molecular formula is C34H67NO2. The van der Waals surface area contributed by atoms with Gasteiger partial charge >= 0.3 is 0 Å². The highest BCUT2D eigenvalue weighted by Gasteiger charge is 2.34. The Hall–Kier alpha value is -0.700. The minimum atomic E-state index is -1.28. The normalized spacial score (nSPS) is 11.8. The smallest absolute Gasteiger partial charge is 0.159 e. The first-order chi connectivity index (χ1) is 18.0. The fraction of sp³-hybridized carbons (Fsp3) is 0.941. The largest absolute Gasteiger partial charge is 0.313 e.